The number of allylic oxidation sites excluding steroid dienone is 1. The molecule has 0 saturated heterocycles. The van der Waals surface area contributed by atoms with Gasteiger partial charge < -0.3 is 14.8 Å². The number of hydrogen-bond acceptors (Lipinski definition) is 6. The van der Waals surface area contributed by atoms with Crippen molar-refractivity contribution in [2.75, 3.05) is 24.3 Å². The molecule has 0 bridgehead atoms. The number of nitrogens with one attached hydrogen (secondary N) is 1. The molecule has 1 amide bonds. The molecule has 0 fully saturated rings. The fourth-order valence-electron chi connectivity index (χ4n) is 3.03. The number of ether oxygens (including phenoxy) is 2. The van der Waals surface area contributed by atoms with Gasteiger partial charge in [-0.2, -0.15) is 0 Å². The Hall–Kier alpha value is -3.26. The van der Waals surface area contributed by atoms with Gasteiger partial charge in [-0.25, -0.2) is 0 Å². The molecule has 0 atom stereocenters. The van der Waals surface area contributed by atoms with E-state index in [-0.39, 0.29) is 11.7 Å². The number of amides is 1. The second-order valence-electron chi connectivity index (χ2n) is 7.70. The summed E-state index contributed by atoms with van der Waals surface area (Å²) in [5.41, 5.74) is 1.57. The first-order valence-corrected chi connectivity index (χ1v) is 11.9. The number of aromatic nitrogens is 3. The standard InChI is InChI=1S/C25H30N4O3S/c1-5-15-29-24(19-11-13-20(14-12-19)32-16-18(3)4)27-28-25(29)33-17-23(30)26-21-9-7-8-10-22(21)31-6-2/h5,7-14,18H,1,6,15-17H2,2-4H3,(H,26,30). The molecule has 0 aliphatic carbocycles. The van der Waals surface area contributed by atoms with Gasteiger partial charge in [0, 0.05) is 12.1 Å². The zero-order valence-corrected chi connectivity index (χ0v) is 20.1. The molecular weight excluding hydrogens is 436 g/mol. The fourth-order valence-corrected chi connectivity index (χ4v) is 3.78. The Bertz CT molecular complexity index is 1060. The average Bonchev–Trinajstić information content (AvgIpc) is 3.21. The molecule has 3 aromatic rings. The van der Waals surface area contributed by atoms with Crippen LogP contribution in [0.1, 0.15) is 20.8 Å². The Labute approximate surface area is 199 Å². The van der Waals surface area contributed by atoms with Crippen LogP contribution >= 0.6 is 11.8 Å². The maximum atomic E-state index is 12.6. The minimum atomic E-state index is -0.145. The highest BCUT2D eigenvalue weighted by atomic mass is 32.2. The van der Waals surface area contributed by atoms with Crippen molar-refractivity contribution in [2.24, 2.45) is 5.92 Å². The monoisotopic (exact) mass is 466 g/mol. The lowest BCUT2D eigenvalue weighted by Gasteiger charge is -2.11. The lowest BCUT2D eigenvalue weighted by atomic mass is 10.2. The van der Waals surface area contributed by atoms with E-state index in [1.807, 2.05) is 60.0 Å². The fraction of sp³-hybridized carbons (Fsp3) is 0.320. The van der Waals surface area contributed by atoms with Crippen LogP contribution in [0, 0.1) is 5.92 Å². The summed E-state index contributed by atoms with van der Waals surface area (Å²) in [6.45, 7) is 11.7. The second-order valence-corrected chi connectivity index (χ2v) is 8.64. The van der Waals surface area contributed by atoms with Gasteiger partial charge in [0.05, 0.1) is 24.7 Å². The maximum Gasteiger partial charge on any atom is 0.234 e. The van der Waals surface area contributed by atoms with E-state index in [4.69, 9.17) is 9.47 Å². The first kappa shape index (κ1) is 24.4. The van der Waals surface area contributed by atoms with Crippen LogP contribution in [0.25, 0.3) is 11.4 Å². The molecule has 0 aliphatic rings. The Morgan fingerprint density at radius 3 is 2.61 bits per heavy atom. The van der Waals surface area contributed by atoms with Crippen LogP contribution in [0.3, 0.4) is 0 Å². The molecule has 0 aliphatic heterocycles. The van der Waals surface area contributed by atoms with Gasteiger partial charge in [-0.15, -0.1) is 16.8 Å². The number of anilines is 1. The van der Waals surface area contributed by atoms with Crippen molar-refractivity contribution in [3.05, 3.63) is 61.2 Å². The van der Waals surface area contributed by atoms with Crippen LogP contribution < -0.4 is 14.8 Å². The van der Waals surface area contributed by atoms with Crippen LogP contribution in [-0.4, -0.2) is 39.6 Å². The zero-order chi connectivity index (χ0) is 23.6. The predicted molar refractivity (Wildman–Crippen MR) is 133 cm³/mol. The number of carbonyl (C=O) groups is 1. The number of rotatable bonds is 12. The highest BCUT2D eigenvalue weighted by Crippen LogP contribution is 2.27. The summed E-state index contributed by atoms with van der Waals surface area (Å²) >= 11 is 1.33. The first-order valence-electron chi connectivity index (χ1n) is 10.9. The molecule has 8 heteroatoms. The van der Waals surface area contributed by atoms with Gasteiger partial charge in [0.15, 0.2) is 11.0 Å². The Morgan fingerprint density at radius 1 is 1.15 bits per heavy atom. The van der Waals surface area contributed by atoms with Crippen LogP contribution in [0.2, 0.25) is 0 Å². The SMILES string of the molecule is C=CCn1c(SCC(=O)Nc2ccccc2OCC)nnc1-c1ccc(OCC(C)C)cc1. The number of para-hydroxylation sites is 2. The van der Waals surface area contributed by atoms with Gasteiger partial charge in [-0.05, 0) is 49.2 Å². The van der Waals surface area contributed by atoms with Crippen LogP contribution in [0.4, 0.5) is 5.69 Å². The molecule has 1 heterocycles. The molecule has 1 aromatic heterocycles. The molecule has 2 aromatic carbocycles. The quantitative estimate of drug-likeness (QED) is 0.288. The van der Waals surface area contributed by atoms with E-state index >= 15 is 0 Å². The second kappa shape index (κ2) is 12.1. The van der Waals surface area contributed by atoms with Crippen LogP contribution in [-0.2, 0) is 11.3 Å². The summed E-state index contributed by atoms with van der Waals surface area (Å²) in [6, 6.07) is 15.2. The molecule has 33 heavy (non-hydrogen) atoms. The van der Waals surface area contributed by atoms with Gasteiger partial charge in [0.2, 0.25) is 5.91 Å². The van der Waals surface area contributed by atoms with E-state index in [0.29, 0.717) is 42.3 Å². The van der Waals surface area contributed by atoms with E-state index in [1.54, 1.807) is 6.08 Å². The van der Waals surface area contributed by atoms with Crippen molar-refractivity contribution >= 4 is 23.4 Å². The van der Waals surface area contributed by atoms with Crippen LogP contribution in [0.5, 0.6) is 11.5 Å². The van der Waals surface area contributed by atoms with E-state index in [1.165, 1.54) is 11.8 Å². The first-order chi connectivity index (χ1) is 16.0. The van der Waals surface area contributed by atoms with Gasteiger partial charge in [0.25, 0.3) is 0 Å². The van der Waals surface area contributed by atoms with Gasteiger partial charge in [-0.3, -0.25) is 9.36 Å². The summed E-state index contributed by atoms with van der Waals surface area (Å²) in [5.74, 6) is 2.70. The Kier molecular flexibility index (Phi) is 8.95. The van der Waals surface area contributed by atoms with Crippen molar-refractivity contribution in [1.82, 2.24) is 14.8 Å². The third-order valence-electron chi connectivity index (χ3n) is 4.52. The number of nitrogens with zero attached hydrogens (tertiary/aromatic N) is 3. The predicted octanol–water partition coefficient (Wildman–Crippen LogP) is 5.30. The number of thioether (sulfide) groups is 1. The highest BCUT2D eigenvalue weighted by molar-refractivity contribution is 7.99. The maximum absolute atomic E-state index is 12.6. The third-order valence-corrected chi connectivity index (χ3v) is 5.48. The smallest absolute Gasteiger partial charge is 0.234 e. The zero-order valence-electron chi connectivity index (χ0n) is 19.3. The Balaban J connectivity index is 1.68. The lowest BCUT2D eigenvalue weighted by molar-refractivity contribution is -0.113. The molecule has 7 nitrogen and oxygen atoms in total. The molecule has 3 rings (SSSR count). The van der Waals surface area contributed by atoms with Crippen molar-refractivity contribution < 1.29 is 14.3 Å². The molecule has 1 N–H and O–H groups in total. The summed E-state index contributed by atoms with van der Waals surface area (Å²) in [6.07, 6.45) is 1.79. The van der Waals surface area contributed by atoms with Gasteiger partial charge in [-0.1, -0.05) is 43.8 Å². The van der Waals surface area contributed by atoms with Gasteiger partial charge in [0.1, 0.15) is 11.5 Å². The molecular formula is C25H30N4O3S. The van der Waals surface area contributed by atoms with E-state index < -0.39 is 0 Å². The van der Waals surface area contributed by atoms with Crippen LogP contribution in [0.15, 0.2) is 66.3 Å². The van der Waals surface area contributed by atoms with Crippen molar-refractivity contribution in [2.45, 2.75) is 32.5 Å². The van der Waals surface area contributed by atoms with Crippen molar-refractivity contribution in [1.29, 1.82) is 0 Å². The average molecular weight is 467 g/mol. The summed E-state index contributed by atoms with van der Waals surface area (Å²) < 4.78 is 13.3. The van der Waals surface area contributed by atoms with E-state index in [9.17, 15) is 4.79 Å². The van der Waals surface area contributed by atoms with E-state index in [0.717, 1.165) is 17.1 Å². The van der Waals surface area contributed by atoms with Crippen molar-refractivity contribution in [3.8, 4) is 22.9 Å². The highest BCUT2D eigenvalue weighted by Gasteiger charge is 2.16. The summed E-state index contributed by atoms with van der Waals surface area (Å²) in [7, 11) is 0. The molecule has 0 unspecified atom stereocenters. The Morgan fingerprint density at radius 2 is 1.91 bits per heavy atom. The number of carbonyl (C=O) groups excluding carboxylic acids is 1. The largest absolute Gasteiger partial charge is 0.493 e. The lowest BCUT2D eigenvalue weighted by Crippen LogP contribution is -2.15. The number of hydrogen-bond donors (Lipinski definition) is 1. The molecule has 0 saturated carbocycles. The minimum absolute atomic E-state index is 0.145. The van der Waals surface area contributed by atoms with E-state index in [2.05, 4.69) is 35.9 Å². The minimum Gasteiger partial charge on any atom is -0.493 e. The summed E-state index contributed by atoms with van der Waals surface area (Å²) in [4.78, 5) is 12.6. The van der Waals surface area contributed by atoms with Gasteiger partial charge >= 0.3 is 0 Å². The topological polar surface area (TPSA) is 78.3 Å². The third kappa shape index (κ3) is 6.86. The molecule has 0 radical (unpaired) electrons. The molecule has 174 valence electrons. The van der Waals surface area contributed by atoms with Crippen molar-refractivity contribution in [3.63, 3.8) is 0 Å². The summed E-state index contributed by atoms with van der Waals surface area (Å²) in [5, 5.41) is 12.2. The molecule has 0 spiro atoms. The normalized spacial score (nSPS) is 10.8. The number of benzene rings is 2.